The van der Waals surface area contributed by atoms with E-state index in [2.05, 4.69) is 17.1 Å². The average molecular weight is 197 g/mol. The molecule has 1 aromatic rings. The molecule has 1 unspecified atom stereocenters. The van der Waals surface area contributed by atoms with Crippen LogP contribution in [0.5, 0.6) is 0 Å². The van der Waals surface area contributed by atoms with Gasteiger partial charge in [0.05, 0.1) is 5.69 Å². The number of aryl methyl sites for hydroxylation is 1. The fraction of sp³-hybridized carbons (Fsp3) is 0.500. The number of allylic oxidation sites excluding steroid dienone is 2. The highest BCUT2D eigenvalue weighted by molar-refractivity contribution is 5.53. The second-order valence-corrected chi connectivity index (χ2v) is 5.21. The van der Waals surface area contributed by atoms with Gasteiger partial charge in [0.15, 0.2) is 0 Å². The Hall–Kier alpha value is -1.11. The summed E-state index contributed by atoms with van der Waals surface area (Å²) in [6.07, 6.45) is 9.96. The lowest BCUT2D eigenvalue weighted by atomic mass is 9.51. The Morgan fingerprint density at radius 3 is 3.13 bits per heavy atom. The van der Waals surface area contributed by atoms with Gasteiger partial charge in [-0.3, -0.25) is 4.98 Å². The summed E-state index contributed by atoms with van der Waals surface area (Å²) >= 11 is 0. The molecule has 0 saturated heterocycles. The molecule has 1 heteroatoms. The van der Waals surface area contributed by atoms with Crippen LogP contribution in [0.1, 0.15) is 43.4 Å². The maximum Gasteiger partial charge on any atom is 0.0541 e. The zero-order valence-corrected chi connectivity index (χ0v) is 8.92. The zero-order chi connectivity index (χ0) is 9.88. The van der Waals surface area contributed by atoms with Crippen molar-refractivity contribution in [3.63, 3.8) is 0 Å². The second-order valence-electron chi connectivity index (χ2n) is 5.21. The smallest absolute Gasteiger partial charge is 0.0541 e. The first-order valence-electron chi connectivity index (χ1n) is 6.06. The Morgan fingerprint density at radius 1 is 1.20 bits per heavy atom. The van der Waals surface area contributed by atoms with Crippen LogP contribution >= 0.6 is 0 Å². The Morgan fingerprint density at radius 2 is 2.20 bits per heavy atom. The number of hydrogen-bond acceptors (Lipinski definition) is 1. The molecule has 0 N–H and O–H groups in total. The lowest BCUT2D eigenvalue weighted by Crippen LogP contribution is -2.45. The first kappa shape index (κ1) is 8.09. The molecule has 0 amide bonds. The van der Waals surface area contributed by atoms with Gasteiger partial charge < -0.3 is 0 Å². The summed E-state index contributed by atoms with van der Waals surface area (Å²) in [6, 6.07) is 4.37. The molecule has 15 heavy (non-hydrogen) atoms. The van der Waals surface area contributed by atoms with E-state index in [1.54, 1.807) is 11.1 Å². The van der Waals surface area contributed by atoms with Crippen LogP contribution in [0, 0.1) is 0 Å². The monoisotopic (exact) mass is 197 g/mol. The van der Waals surface area contributed by atoms with E-state index in [1.807, 2.05) is 6.20 Å². The van der Waals surface area contributed by atoms with Crippen molar-refractivity contribution in [2.24, 2.45) is 0 Å². The van der Waals surface area contributed by atoms with Crippen LogP contribution < -0.4 is 0 Å². The number of rotatable bonds is 0. The number of hydrogen-bond donors (Lipinski definition) is 0. The van der Waals surface area contributed by atoms with Gasteiger partial charge in [0.2, 0.25) is 0 Å². The predicted molar refractivity (Wildman–Crippen MR) is 59.7 cm³/mol. The largest absolute Gasteiger partial charge is 0.260 e. The SMILES string of the molecule is c1cnc2c(c1)CCC1=C3CCCC12C3. The molecular formula is C14H15N. The Kier molecular flexibility index (Phi) is 1.36. The van der Waals surface area contributed by atoms with Gasteiger partial charge in [0, 0.05) is 11.6 Å². The lowest BCUT2D eigenvalue weighted by molar-refractivity contribution is 0.299. The number of aromatic nitrogens is 1. The van der Waals surface area contributed by atoms with Crippen LogP contribution in [0.3, 0.4) is 0 Å². The minimum atomic E-state index is 0.419. The third-order valence-electron chi connectivity index (χ3n) is 4.59. The zero-order valence-electron chi connectivity index (χ0n) is 8.92. The third-order valence-corrected chi connectivity index (χ3v) is 4.59. The molecule has 1 atom stereocenters. The van der Waals surface area contributed by atoms with Crippen molar-refractivity contribution in [3.8, 4) is 0 Å². The van der Waals surface area contributed by atoms with Crippen molar-refractivity contribution in [2.45, 2.75) is 43.9 Å². The Labute approximate surface area is 90.2 Å². The van der Waals surface area contributed by atoms with E-state index in [9.17, 15) is 0 Å². The maximum absolute atomic E-state index is 4.68. The normalized spacial score (nSPS) is 31.7. The van der Waals surface area contributed by atoms with Crippen molar-refractivity contribution in [3.05, 3.63) is 40.7 Å². The highest BCUT2D eigenvalue weighted by Crippen LogP contribution is 2.60. The predicted octanol–water partition coefficient (Wildman–Crippen LogP) is 3.15. The second kappa shape index (κ2) is 2.52. The van der Waals surface area contributed by atoms with E-state index in [0.717, 1.165) is 0 Å². The minimum Gasteiger partial charge on any atom is -0.260 e. The molecule has 3 aliphatic rings. The minimum absolute atomic E-state index is 0.419. The summed E-state index contributed by atoms with van der Waals surface area (Å²) in [5, 5.41) is 0. The summed E-state index contributed by atoms with van der Waals surface area (Å²) in [4.78, 5) is 4.68. The molecule has 0 fully saturated rings. The Balaban J connectivity index is 1.97. The highest BCUT2D eigenvalue weighted by atomic mass is 14.7. The van der Waals surface area contributed by atoms with E-state index in [-0.39, 0.29) is 0 Å². The van der Waals surface area contributed by atoms with Crippen LogP contribution in [-0.4, -0.2) is 4.98 Å². The maximum atomic E-state index is 4.68. The van der Waals surface area contributed by atoms with E-state index in [4.69, 9.17) is 0 Å². The molecule has 4 rings (SSSR count). The van der Waals surface area contributed by atoms with Crippen molar-refractivity contribution < 1.29 is 0 Å². The van der Waals surface area contributed by atoms with Crippen LogP contribution in [0.4, 0.5) is 0 Å². The van der Waals surface area contributed by atoms with Crippen molar-refractivity contribution in [1.82, 2.24) is 4.98 Å². The summed E-state index contributed by atoms with van der Waals surface area (Å²) in [5.41, 5.74) is 6.91. The summed E-state index contributed by atoms with van der Waals surface area (Å²) in [6.45, 7) is 0. The van der Waals surface area contributed by atoms with Gasteiger partial charge in [0.1, 0.15) is 0 Å². The fourth-order valence-electron chi connectivity index (χ4n) is 3.98. The van der Waals surface area contributed by atoms with Crippen molar-refractivity contribution in [2.75, 3.05) is 0 Å². The topological polar surface area (TPSA) is 12.9 Å². The molecule has 0 saturated carbocycles. The molecule has 1 nitrogen and oxygen atoms in total. The fourth-order valence-corrected chi connectivity index (χ4v) is 3.98. The molecule has 1 aromatic heterocycles. The molecular weight excluding hydrogens is 182 g/mol. The van der Waals surface area contributed by atoms with E-state index in [0.29, 0.717) is 5.41 Å². The van der Waals surface area contributed by atoms with Crippen molar-refractivity contribution in [1.29, 1.82) is 0 Å². The molecule has 0 radical (unpaired) electrons. The molecule has 0 spiro atoms. The molecule has 3 aliphatic carbocycles. The number of pyridine rings is 1. The summed E-state index contributed by atoms with van der Waals surface area (Å²) in [5.74, 6) is 0. The van der Waals surface area contributed by atoms with Gasteiger partial charge in [-0.2, -0.15) is 0 Å². The molecule has 2 bridgehead atoms. The molecule has 76 valence electrons. The highest BCUT2D eigenvalue weighted by Gasteiger charge is 2.51. The van der Waals surface area contributed by atoms with E-state index >= 15 is 0 Å². The van der Waals surface area contributed by atoms with Gasteiger partial charge in [-0.05, 0) is 50.2 Å². The summed E-state index contributed by atoms with van der Waals surface area (Å²) in [7, 11) is 0. The van der Waals surface area contributed by atoms with Crippen LogP contribution in [0.15, 0.2) is 29.5 Å². The first-order chi connectivity index (χ1) is 7.40. The first-order valence-corrected chi connectivity index (χ1v) is 6.06. The Bertz CT molecular complexity index is 472. The third kappa shape index (κ3) is 0.831. The molecule has 0 aliphatic heterocycles. The van der Waals surface area contributed by atoms with Gasteiger partial charge >= 0.3 is 0 Å². The molecule has 0 aromatic carbocycles. The van der Waals surface area contributed by atoms with Crippen molar-refractivity contribution >= 4 is 0 Å². The number of fused-ring (bicyclic) bond motifs is 1. The number of nitrogens with zero attached hydrogens (tertiary/aromatic N) is 1. The average Bonchev–Trinajstić information content (AvgIpc) is 2.30. The van der Waals surface area contributed by atoms with Gasteiger partial charge in [0.25, 0.3) is 0 Å². The van der Waals surface area contributed by atoms with Gasteiger partial charge in [-0.25, -0.2) is 0 Å². The lowest BCUT2D eigenvalue weighted by Gasteiger charge is -2.53. The van der Waals surface area contributed by atoms with Crippen LogP contribution in [0.2, 0.25) is 0 Å². The standard InChI is InChI=1S/C14H15N/c1-3-11-9-14(7-1)12(11)6-5-10-4-2-8-15-13(10)14/h2,4,8H,1,3,5-7,9H2. The van der Waals surface area contributed by atoms with E-state index < -0.39 is 0 Å². The van der Waals surface area contributed by atoms with Gasteiger partial charge in [-0.15, -0.1) is 0 Å². The summed E-state index contributed by atoms with van der Waals surface area (Å²) < 4.78 is 0. The van der Waals surface area contributed by atoms with Crippen LogP contribution in [-0.2, 0) is 11.8 Å². The quantitative estimate of drug-likeness (QED) is 0.582. The van der Waals surface area contributed by atoms with Gasteiger partial charge in [-0.1, -0.05) is 17.2 Å². The van der Waals surface area contributed by atoms with E-state index in [1.165, 1.54) is 49.8 Å². The van der Waals surface area contributed by atoms with Crippen LogP contribution in [0.25, 0.3) is 0 Å². The molecule has 1 heterocycles.